The van der Waals surface area contributed by atoms with E-state index in [2.05, 4.69) is 23.3 Å². The lowest BCUT2D eigenvalue weighted by molar-refractivity contribution is 0.821. The van der Waals surface area contributed by atoms with E-state index in [4.69, 9.17) is 15.7 Å². The van der Waals surface area contributed by atoms with Gasteiger partial charge < -0.3 is 16.0 Å². The molecule has 2 heterocycles. The molecule has 0 fully saturated rings. The van der Waals surface area contributed by atoms with Gasteiger partial charge in [-0.1, -0.05) is 49.4 Å². The molecule has 0 unspecified atom stereocenters. The summed E-state index contributed by atoms with van der Waals surface area (Å²) in [5.74, 6) is 2.47. The van der Waals surface area contributed by atoms with Crippen molar-refractivity contribution in [2.24, 2.45) is 5.73 Å². The second kappa shape index (κ2) is 8.23. The quantitative estimate of drug-likeness (QED) is 0.435. The number of hydrogen-bond acceptors (Lipinski definition) is 4. The van der Waals surface area contributed by atoms with Crippen molar-refractivity contribution >= 4 is 22.5 Å². The summed E-state index contributed by atoms with van der Waals surface area (Å²) in [6, 6.07) is 20.3. The van der Waals surface area contributed by atoms with Crippen molar-refractivity contribution in [3.63, 3.8) is 0 Å². The second-order valence-corrected chi connectivity index (χ2v) is 6.84. The molecule has 2 aromatic carbocycles. The molecule has 0 spiro atoms. The largest absolute Gasteiger partial charge is 0.345 e. The molecular formula is C23H25N5. The van der Waals surface area contributed by atoms with E-state index in [1.165, 1.54) is 11.3 Å². The van der Waals surface area contributed by atoms with Crippen LogP contribution in [0.25, 0.3) is 22.3 Å². The van der Waals surface area contributed by atoms with Crippen LogP contribution in [-0.2, 0) is 12.8 Å². The Balaban J connectivity index is 1.75. The normalized spacial score (nSPS) is 11.1. The Morgan fingerprint density at radius 2 is 1.79 bits per heavy atom. The monoisotopic (exact) mass is 371 g/mol. The zero-order valence-electron chi connectivity index (χ0n) is 16.1. The highest BCUT2D eigenvalue weighted by molar-refractivity contribution is 5.92. The average Bonchev–Trinajstić information content (AvgIpc) is 3.14. The molecular weight excluding hydrogens is 346 g/mol. The smallest absolute Gasteiger partial charge is 0.162 e. The summed E-state index contributed by atoms with van der Waals surface area (Å²) >= 11 is 0. The van der Waals surface area contributed by atoms with E-state index in [9.17, 15) is 0 Å². The summed E-state index contributed by atoms with van der Waals surface area (Å²) in [6.07, 6.45) is 2.93. The first-order chi connectivity index (χ1) is 13.8. The van der Waals surface area contributed by atoms with E-state index in [-0.39, 0.29) is 0 Å². The highest BCUT2D eigenvalue weighted by Crippen LogP contribution is 2.28. The van der Waals surface area contributed by atoms with Crippen molar-refractivity contribution in [2.75, 3.05) is 11.9 Å². The molecule has 4 rings (SSSR count). The van der Waals surface area contributed by atoms with Gasteiger partial charge in [-0.25, -0.2) is 9.97 Å². The summed E-state index contributed by atoms with van der Waals surface area (Å²) in [5.41, 5.74) is 10.2. The molecule has 0 amide bonds. The molecule has 28 heavy (non-hydrogen) atoms. The molecule has 0 aliphatic heterocycles. The van der Waals surface area contributed by atoms with E-state index >= 15 is 0 Å². The number of para-hydroxylation sites is 1. The van der Waals surface area contributed by atoms with Crippen molar-refractivity contribution in [1.29, 1.82) is 0 Å². The Morgan fingerprint density at radius 3 is 2.57 bits per heavy atom. The highest BCUT2D eigenvalue weighted by Gasteiger charge is 2.12. The number of hydrogen-bond donors (Lipinski definition) is 3. The van der Waals surface area contributed by atoms with Crippen molar-refractivity contribution in [1.82, 2.24) is 15.0 Å². The van der Waals surface area contributed by atoms with Crippen LogP contribution in [0.3, 0.4) is 0 Å². The minimum absolute atomic E-state index is 0.702. The Hall–Kier alpha value is -3.18. The van der Waals surface area contributed by atoms with Gasteiger partial charge in [0.25, 0.3) is 0 Å². The van der Waals surface area contributed by atoms with Crippen molar-refractivity contribution in [3.05, 3.63) is 71.9 Å². The topological polar surface area (TPSA) is 79.6 Å². The Bertz CT molecular complexity index is 1070. The van der Waals surface area contributed by atoms with Crippen LogP contribution in [-0.4, -0.2) is 21.5 Å². The lowest BCUT2D eigenvalue weighted by Gasteiger charge is -2.10. The fourth-order valence-electron chi connectivity index (χ4n) is 3.45. The maximum Gasteiger partial charge on any atom is 0.162 e. The van der Waals surface area contributed by atoms with Crippen molar-refractivity contribution in [3.8, 4) is 11.4 Å². The van der Waals surface area contributed by atoms with Gasteiger partial charge in [0, 0.05) is 16.6 Å². The van der Waals surface area contributed by atoms with Gasteiger partial charge in [-0.05, 0) is 49.6 Å². The lowest BCUT2D eigenvalue weighted by Crippen LogP contribution is -2.01. The molecule has 0 bridgehead atoms. The average molecular weight is 371 g/mol. The van der Waals surface area contributed by atoms with Crippen LogP contribution in [0.5, 0.6) is 0 Å². The molecule has 0 aliphatic rings. The SMILES string of the molecule is CCc1[nH]c(Nc2nc(-c3ccccc3)nc3ccccc23)cc1CCCN. The van der Waals surface area contributed by atoms with E-state index in [0.717, 1.165) is 47.4 Å². The summed E-state index contributed by atoms with van der Waals surface area (Å²) in [4.78, 5) is 13.1. The lowest BCUT2D eigenvalue weighted by atomic mass is 10.1. The van der Waals surface area contributed by atoms with Crippen LogP contribution in [0.2, 0.25) is 0 Å². The third-order valence-corrected chi connectivity index (χ3v) is 4.88. The zero-order chi connectivity index (χ0) is 19.3. The first-order valence-corrected chi connectivity index (χ1v) is 9.78. The van der Waals surface area contributed by atoms with Crippen LogP contribution < -0.4 is 11.1 Å². The number of H-pyrrole nitrogens is 1. The number of nitrogens with one attached hydrogen (secondary N) is 2. The molecule has 0 atom stereocenters. The number of nitrogens with zero attached hydrogens (tertiary/aromatic N) is 2. The molecule has 0 saturated carbocycles. The summed E-state index contributed by atoms with van der Waals surface area (Å²) in [6.45, 7) is 2.86. The third kappa shape index (κ3) is 3.75. The number of nitrogens with two attached hydrogens (primary N) is 1. The fraction of sp³-hybridized carbons (Fsp3) is 0.217. The summed E-state index contributed by atoms with van der Waals surface area (Å²) < 4.78 is 0. The predicted octanol–water partition coefficient (Wildman–Crippen LogP) is 4.82. The van der Waals surface area contributed by atoms with E-state index in [0.29, 0.717) is 12.4 Å². The van der Waals surface area contributed by atoms with Crippen LogP contribution in [0.4, 0.5) is 11.6 Å². The second-order valence-electron chi connectivity index (χ2n) is 6.84. The van der Waals surface area contributed by atoms with Crippen LogP contribution in [0.15, 0.2) is 60.7 Å². The molecule has 0 saturated heterocycles. The number of aryl methyl sites for hydroxylation is 2. The Morgan fingerprint density at radius 1 is 1.00 bits per heavy atom. The van der Waals surface area contributed by atoms with Crippen molar-refractivity contribution < 1.29 is 0 Å². The number of fused-ring (bicyclic) bond motifs is 1. The molecule has 0 radical (unpaired) electrons. The molecule has 4 aromatic rings. The summed E-state index contributed by atoms with van der Waals surface area (Å²) in [7, 11) is 0. The Kier molecular flexibility index (Phi) is 5.35. The number of anilines is 2. The van der Waals surface area contributed by atoms with Crippen LogP contribution in [0.1, 0.15) is 24.6 Å². The zero-order valence-corrected chi connectivity index (χ0v) is 16.1. The van der Waals surface area contributed by atoms with Gasteiger partial charge in [0.05, 0.1) is 5.52 Å². The van der Waals surface area contributed by atoms with Gasteiger partial charge in [0.2, 0.25) is 0 Å². The van der Waals surface area contributed by atoms with Gasteiger partial charge >= 0.3 is 0 Å². The first-order valence-electron chi connectivity index (χ1n) is 9.78. The number of aromatic amines is 1. The maximum absolute atomic E-state index is 5.69. The molecule has 4 N–H and O–H groups in total. The number of rotatable bonds is 7. The summed E-state index contributed by atoms with van der Waals surface area (Å²) in [5, 5.41) is 4.49. The fourth-order valence-corrected chi connectivity index (χ4v) is 3.45. The van der Waals surface area contributed by atoms with E-state index in [1.807, 2.05) is 54.6 Å². The molecule has 5 nitrogen and oxygen atoms in total. The van der Waals surface area contributed by atoms with Gasteiger partial charge in [-0.2, -0.15) is 0 Å². The highest BCUT2D eigenvalue weighted by atomic mass is 15.1. The number of benzene rings is 2. The van der Waals surface area contributed by atoms with Crippen LogP contribution in [0, 0.1) is 0 Å². The van der Waals surface area contributed by atoms with Crippen molar-refractivity contribution in [2.45, 2.75) is 26.2 Å². The van der Waals surface area contributed by atoms with E-state index < -0.39 is 0 Å². The standard InChI is InChI=1S/C23H25N5/c1-2-19-17(11-8-14-24)15-21(25-19)27-23-18-12-6-7-13-20(18)26-22(28-23)16-9-4-3-5-10-16/h3-7,9-10,12-13,15,25H,2,8,11,14,24H2,1H3,(H,26,27,28). The van der Waals surface area contributed by atoms with Crippen LogP contribution >= 0.6 is 0 Å². The predicted molar refractivity (Wildman–Crippen MR) is 116 cm³/mol. The number of aromatic nitrogens is 3. The third-order valence-electron chi connectivity index (χ3n) is 4.88. The maximum atomic E-state index is 5.69. The molecule has 5 heteroatoms. The first kappa shape index (κ1) is 18.2. The van der Waals surface area contributed by atoms with Gasteiger partial charge in [0.15, 0.2) is 5.82 Å². The Labute approximate surface area is 165 Å². The van der Waals surface area contributed by atoms with Gasteiger partial charge in [-0.15, -0.1) is 0 Å². The minimum Gasteiger partial charge on any atom is -0.345 e. The van der Waals surface area contributed by atoms with Gasteiger partial charge in [0.1, 0.15) is 11.6 Å². The minimum atomic E-state index is 0.702. The van der Waals surface area contributed by atoms with Gasteiger partial charge in [-0.3, -0.25) is 0 Å². The van der Waals surface area contributed by atoms with E-state index in [1.54, 1.807) is 0 Å². The molecule has 142 valence electrons. The molecule has 0 aliphatic carbocycles. The molecule has 2 aromatic heterocycles.